The van der Waals surface area contributed by atoms with Crippen molar-refractivity contribution in [3.63, 3.8) is 0 Å². The van der Waals surface area contributed by atoms with E-state index in [1.54, 1.807) is 13.0 Å². The standard InChI is InChI=1S/C29H25NO2/c1-21(2)29(31)32-28-11-7-8-24(20-28)23-14-18-27(19-15-23)30(25-9-5-4-6-10-25)26-16-12-22(3)13-17-26/h4-20H,1H2,2-3H3. The molecule has 32 heavy (non-hydrogen) atoms. The van der Waals surface area contributed by atoms with Crippen LogP contribution < -0.4 is 9.64 Å². The Morgan fingerprint density at radius 1 is 0.719 bits per heavy atom. The second-order valence-corrected chi connectivity index (χ2v) is 7.75. The van der Waals surface area contributed by atoms with Crippen molar-refractivity contribution in [1.82, 2.24) is 0 Å². The molecule has 0 aliphatic rings. The van der Waals surface area contributed by atoms with E-state index in [1.807, 2.05) is 36.4 Å². The van der Waals surface area contributed by atoms with Crippen molar-refractivity contribution in [2.24, 2.45) is 0 Å². The summed E-state index contributed by atoms with van der Waals surface area (Å²) in [6.45, 7) is 7.36. The topological polar surface area (TPSA) is 29.5 Å². The van der Waals surface area contributed by atoms with Crippen LogP contribution >= 0.6 is 0 Å². The summed E-state index contributed by atoms with van der Waals surface area (Å²) in [6, 6.07) is 34.7. The summed E-state index contributed by atoms with van der Waals surface area (Å²) in [4.78, 5) is 14.1. The minimum absolute atomic E-state index is 0.372. The Morgan fingerprint density at radius 2 is 1.31 bits per heavy atom. The normalized spacial score (nSPS) is 10.4. The number of carbonyl (C=O) groups excluding carboxylic acids is 1. The van der Waals surface area contributed by atoms with Gasteiger partial charge in [-0.1, -0.05) is 66.7 Å². The Morgan fingerprint density at radius 3 is 1.94 bits per heavy atom. The van der Waals surface area contributed by atoms with Crippen molar-refractivity contribution < 1.29 is 9.53 Å². The number of rotatable bonds is 6. The van der Waals surface area contributed by atoms with Gasteiger partial charge >= 0.3 is 5.97 Å². The van der Waals surface area contributed by atoms with Crippen LogP contribution in [0.1, 0.15) is 12.5 Å². The molecular weight excluding hydrogens is 394 g/mol. The number of ether oxygens (including phenoxy) is 1. The molecule has 4 aromatic rings. The van der Waals surface area contributed by atoms with Crippen LogP contribution in [-0.2, 0) is 4.79 Å². The molecule has 0 radical (unpaired) electrons. The summed E-state index contributed by atoms with van der Waals surface area (Å²) < 4.78 is 5.38. The van der Waals surface area contributed by atoms with Gasteiger partial charge in [0.15, 0.2) is 0 Å². The highest BCUT2D eigenvalue weighted by Gasteiger charge is 2.12. The Hall–Kier alpha value is -4.11. The van der Waals surface area contributed by atoms with Crippen LogP contribution in [0.4, 0.5) is 17.1 Å². The molecule has 0 amide bonds. The smallest absolute Gasteiger partial charge is 0.338 e. The molecule has 0 unspecified atom stereocenters. The highest BCUT2D eigenvalue weighted by Crippen LogP contribution is 2.35. The van der Waals surface area contributed by atoms with Gasteiger partial charge in [0.05, 0.1) is 0 Å². The van der Waals surface area contributed by atoms with E-state index in [0.29, 0.717) is 11.3 Å². The Kier molecular flexibility index (Phi) is 6.18. The first-order chi connectivity index (χ1) is 15.5. The second kappa shape index (κ2) is 9.36. The fraction of sp³-hybridized carbons (Fsp3) is 0.0690. The minimum Gasteiger partial charge on any atom is -0.423 e. The van der Waals surface area contributed by atoms with Crippen molar-refractivity contribution in [1.29, 1.82) is 0 Å². The van der Waals surface area contributed by atoms with Crippen molar-refractivity contribution in [2.75, 3.05) is 4.90 Å². The number of hydrogen-bond acceptors (Lipinski definition) is 3. The summed E-state index contributed by atoms with van der Waals surface area (Å²) in [5, 5.41) is 0. The van der Waals surface area contributed by atoms with Crippen LogP contribution in [0.2, 0.25) is 0 Å². The van der Waals surface area contributed by atoms with Gasteiger partial charge in [0, 0.05) is 22.6 Å². The van der Waals surface area contributed by atoms with Crippen molar-refractivity contribution in [3.05, 3.63) is 121 Å². The molecule has 0 bridgehead atoms. The van der Waals surface area contributed by atoms with Gasteiger partial charge in [0.2, 0.25) is 0 Å². The van der Waals surface area contributed by atoms with Gasteiger partial charge in [0.25, 0.3) is 0 Å². The first kappa shape index (κ1) is 21.1. The van der Waals surface area contributed by atoms with Gasteiger partial charge < -0.3 is 9.64 Å². The fourth-order valence-corrected chi connectivity index (χ4v) is 3.45. The monoisotopic (exact) mass is 419 g/mol. The van der Waals surface area contributed by atoms with Crippen LogP contribution in [0.15, 0.2) is 115 Å². The number of carbonyl (C=O) groups is 1. The number of para-hydroxylation sites is 1. The lowest BCUT2D eigenvalue weighted by Gasteiger charge is -2.25. The lowest BCUT2D eigenvalue weighted by Crippen LogP contribution is -2.09. The number of aryl methyl sites for hydroxylation is 1. The first-order valence-electron chi connectivity index (χ1n) is 10.5. The summed E-state index contributed by atoms with van der Waals surface area (Å²) >= 11 is 0. The van der Waals surface area contributed by atoms with Gasteiger partial charge in [0.1, 0.15) is 5.75 Å². The van der Waals surface area contributed by atoms with Crippen LogP contribution in [0.3, 0.4) is 0 Å². The van der Waals surface area contributed by atoms with Crippen LogP contribution in [-0.4, -0.2) is 5.97 Å². The molecular formula is C29H25NO2. The predicted molar refractivity (Wildman–Crippen MR) is 132 cm³/mol. The molecule has 3 nitrogen and oxygen atoms in total. The summed E-state index contributed by atoms with van der Waals surface area (Å²) in [5.41, 5.74) is 6.87. The fourth-order valence-electron chi connectivity index (χ4n) is 3.45. The maximum absolute atomic E-state index is 11.8. The van der Waals surface area contributed by atoms with Gasteiger partial charge in [-0.25, -0.2) is 4.79 Å². The SMILES string of the molecule is C=C(C)C(=O)Oc1cccc(-c2ccc(N(c3ccccc3)c3ccc(C)cc3)cc2)c1. The number of nitrogens with zero attached hydrogens (tertiary/aromatic N) is 1. The van der Waals surface area contributed by atoms with E-state index in [1.165, 1.54) is 5.56 Å². The van der Waals surface area contributed by atoms with Crippen molar-refractivity contribution in [3.8, 4) is 16.9 Å². The summed E-state index contributed by atoms with van der Waals surface area (Å²) in [6.07, 6.45) is 0. The highest BCUT2D eigenvalue weighted by atomic mass is 16.5. The molecule has 4 rings (SSSR count). The number of esters is 1. The molecule has 0 heterocycles. The lowest BCUT2D eigenvalue weighted by atomic mass is 10.0. The first-order valence-corrected chi connectivity index (χ1v) is 10.5. The highest BCUT2D eigenvalue weighted by molar-refractivity contribution is 5.89. The molecule has 0 aliphatic heterocycles. The largest absolute Gasteiger partial charge is 0.423 e. The maximum atomic E-state index is 11.8. The lowest BCUT2D eigenvalue weighted by molar-refractivity contribution is -0.130. The van der Waals surface area contributed by atoms with Gasteiger partial charge in [-0.3, -0.25) is 0 Å². The third-order valence-electron chi connectivity index (χ3n) is 5.16. The summed E-state index contributed by atoms with van der Waals surface area (Å²) in [5.74, 6) is 0.0826. The van der Waals surface area contributed by atoms with Crippen LogP contribution in [0.5, 0.6) is 5.75 Å². The third-order valence-corrected chi connectivity index (χ3v) is 5.16. The van der Waals surface area contributed by atoms with E-state index in [-0.39, 0.29) is 0 Å². The van der Waals surface area contributed by atoms with Gasteiger partial charge in [-0.05, 0) is 73.5 Å². The minimum atomic E-state index is -0.422. The molecule has 0 atom stereocenters. The number of hydrogen-bond donors (Lipinski definition) is 0. The van der Waals surface area contributed by atoms with Gasteiger partial charge in [-0.15, -0.1) is 0 Å². The molecule has 0 aromatic heterocycles. The average molecular weight is 420 g/mol. The molecule has 0 spiro atoms. The van der Waals surface area contributed by atoms with E-state index in [4.69, 9.17) is 4.74 Å². The van der Waals surface area contributed by atoms with E-state index >= 15 is 0 Å². The molecule has 158 valence electrons. The van der Waals surface area contributed by atoms with Crippen molar-refractivity contribution >= 4 is 23.0 Å². The number of benzene rings is 4. The quantitative estimate of drug-likeness (QED) is 0.183. The Bertz CT molecular complexity index is 1230. The van der Waals surface area contributed by atoms with E-state index < -0.39 is 5.97 Å². The zero-order valence-electron chi connectivity index (χ0n) is 18.3. The molecule has 0 saturated carbocycles. The van der Waals surface area contributed by atoms with E-state index in [0.717, 1.165) is 28.2 Å². The average Bonchev–Trinajstić information content (AvgIpc) is 2.82. The molecule has 0 fully saturated rings. The van der Waals surface area contributed by atoms with E-state index in [2.05, 4.69) is 79.1 Å². The van der Waals surface area contributed by atoms with Gasteiger partial charge in [-0.2, -0.15) is 0 Å². The Labute approximate surface area is 189 Å². The third kappa shape index (κ3) is 4.79. The molecule has 0 N–H and O–H groups in total. The predicted octanol–water partition coefficient (Wildman–Crippen LogP) is 7.61. The van der Waals surface area contributed by atoms with Crippen LogP contribution in [0.25, 0.3) is 11.1 Å². The zero-order valence-corrected chi connectivity index (χ0v) is 18.3. The molecule has 0 aliphatic carbocycles. The number of anilines is 3. The molecule has 4 aromatic carbocycles. The molecule has 0 saturated heterocycles. The zero-order chi connectivity index (χ0) is 22.5. The van der Waals surface area contributed by atoms with E-state index in [9.17, 15) is 4.79 Å². The Balaban J connectivity index is 1.66. The second-order valence-electron chi connectivity index (χ2n) is 7.75. The maximum Gasteiger partial charge on any atom is 0.338 e. The van der Waals surface area contributed by atoms with Crippen LogP contribution in [0, 0.1) is 6.92 Å². The summed E-state index contributed by atoms with van der Waals surface area (Å²) in [7, 11) is 0. The molecule has 3 heteroatoms. The van der Waals surface area contributed by atoms with Crippen molar-refractivity contribution in [2.45, 2.75) is 13.8 Å².